The van der Waals surface area contributed by atoms with Crippen molar-refractivity contribution in [1.29, 1.82) is 0 Å². The van der Waals surface area contributed by atoms with Crippen LogP contribution in [0.15, 0.2) is 103 Å². The van der Waals surface area contributed by atoms with Gasteiger partial charge in [-0.3, -0.25) is 0 Å². The third kappa shape index (κ3) is 1.95. The lowest BCUT2D eigenvalue weighted by molar-refractivity contribution is 0.421. The number of fused-ring (bicyclic) bond motifs is 3. The van der Waals surface area contributed by atoms with Gasteiger partial charge in [0.25, 0.3) is 0 Å². The Balaban J connectivity index is 2.06. The molecule has 0 aliphatic heterocycles. The van der Waals surface area contributed by atoms with E-state index in [4.69, 9.17) is 0 Å². The molecule has 0 bridgehead atoms. The molecule has 2 aromatic carbocycles. The Bertz CT molecular complexity index is 906. The standard InChI is InChI=1S/C23H18O/c1-3-15-16(4-2)22(24)14-13-21(15)23-19-11-7-5-9-17(19)18-10-6-8-12-20(18)23/h3-15,24H,1-2H2. The van der Waals surface area contributed by atoms with Crippen molar-refractivity contribution in [2.75, 3.05) is 0 Å². The van der Waals surface area contributed by atoms with Crippen molar-refractivity contribution in [3.05, 3.63) is 114 Å². The molecule has 0 aromatic heterocycles. The van der Waals surface area contributed by atoms with Crippen LogP contribution in [0.2, 0.25) is 0 Å². The SMILES string of the molecule is C=CC1=C(O)C=CC(=C2c3ccccc3-c3ccccc32)C1C=C. The Kier molecular flexibility index (Phi) is 3.35. The average Bonchev–Trinajstić information content (AvgIpc) is 2.96. The van der Waals surface area contributed by atoms with E-state index in [0.717, 1.165) is 11.1 Å². The molecule has 0 heterocycles. The highest BCUT2D eigenvalue weighted by Gasteiger charge is 2.29. The van der Waals surface area contributed by atoms with Crippen LogP contribution < -0.4 is 0 Å². The maximum atomic E-state index is 10.2. The van der Waals surface area contributed by atoms with E-state index < -0.39 is 0 Å². The fourth-order valence-electron chi connectivity index (χ4n) is 3.75. The van der Waals surface area contributed by atoms with Crippen molar-refractivity contribution in [2.24, 2.45) is 5.92 Å². The highest BCUT2D eigenvalue weighted by molar-refractivity contribution is 6.03. The van der Waals surface area contributed by atoms with Gasteiger partial charge in [-0.15, -0.1) is 6.58 Å². The van der Waals surface area contributed by atoms with Crippen molar-refractivity contribution < 1.29 is 5.11 Å². The highest BCUT2D eigenvalue weighted by atomic mass is 16.3. The topological polar surface area (TPSA) is 20.2 Å². The van der Waals surface area contributed by atoms with E-state index in [9.17, 15) is 5.11 Å². The molecule has 24 heavy (non-hydrogen) atoms. The van der Waals surface area contributed by atoms with Gasteiger partial charge in [0, 0.05) is 11.5 Å². The van der Waals surface area contributed by atoms with Crippen LogP contribution in [0.1, 0.15) is 11.1 Å². The van der Waals surface area contributed by atoms with Crippen molar-refractivity contribution in [1.82, 2.24) is 0 Å². The van der Waals surface area contributed by atoms with Gasteiger partial charge in [-0.05, 0) is 39.5 Å². The molecule has 0 radical (unpaired) electrons. The molecule has 0 saturated heterocycles. The summed E-state index contributed by atoms with van der Waals surface area (Å²) in [5.74, 6) is 0.195. The summed E-state index contributed by atoms with van der Waals surface area (Å²) in [5.41, 5.74) is 8.14. The van der Waals surface area contributed by atoms with Gasteiger partial charge < -0.3 is 5.11 Å². The zero-order valence-corrected chi connectivity index (χ0v) is 13.4. The van der Waals surface area contributed by atoms with Gasteiger partial charge in [0.2, 0.25) is 0 Å². The number of benzene rings is 2. The summed E-state index contributed by atoms with van der Waals surface area (Å²) in [5, 5.41) is 10.2. The molecule has 1 unspecified atom stereocenters. The largest absolute Gasteiger partial charge is 0.508 e. The Morgan fingerprint density at radius 3 is 1.83 bits per heavy atom. The first-order chi connectivity index (χ1) is 11.8. The Morgan fingerprint density at radius 1 is 0.792 bits per heavy atom. The third-order valence-electron chi connectivity index (χ3n) is 4.81. The zero-order chi connectivity index (χ0) is 16.7. The number of hydrogen-bond acceptors (Lipinski definition) is 1. The fraction of sp³-hybridized carbons (Fsp3) is 0.0435. The Morgan fingerprint density at radius 2 is 1.33 bits per heavy atom. The molecule has 2 aromatic rings. The number of aliphatic hydroxyl groups is 1. The smallest absolute Gasteiger partial charge is 0.119 e. The number of allylic oxidation sites excluding steroid dienone is 6. The molecular weight excluding hydrogens is 292 g/mol. The third-order valence-corrected chi connectivity index (χ3v) is 4.81. The maximum Gasteiger partial charge on any atom is 0.119 e. The maximum absolute atomic E-state index is 10.2. The van der Waals surface area contributed by atoms with Crippen LogP contribution in [0.4, 0.5) is 0 Å². The van der Waals surface area contributed by atoms with Crippen molar-refractivity contribution >= 4 is 5.57 Å². The van der Waals surface area contributed by atoms with Gasteiger partial charge in [0.15, 0.2) is 0 Å². The second-order valence-electron chi connectivity index (χ2n) is 6.01. The summed E-state index contributed by atoms with van der Waals surface area (Å²) >= 11 is 0. The number of rotatable bonds is 2. The lowest BCUT2D eigenvalue weighted by atomic mass is 9.81. The van der Waals surface area contributed by atoms with E-state index in [0.29, 0.717) is 0 Å². The number of hydrogen-bond donors (Lipinski definition) is 1. The van der Waals surface area contributed by atoms with Gasteiger partial charge in [-0.1, -0.05) is 73.3 Å². The first kappa shape index (κ1) is 14.5. The molecule has 2 aliphatic carbocycles. The molecule has 0 amide bonds. The first-order valence-corrected chi connectivity index (χ1v) is 8.05. The fourth-order valence-corrected chi connectivity index (χ4v) is 3.75. The van der Waals surface area contributed by atoms with Crippen LogP contribution in [-0.2, 0) is 0 Å². The van der Waals surface area contributed by atoms with Crippen molar-refractivity contribution in [3.8, 4) is 11.1 Å². The molecular formula is C23H18O. The van der Waals surface area contributed by atoms with Gasteiger partial charge in [-0.25, -0.2) is 0 Å². The summed E-state index contributed by atoms with van der Waals surface area (Å²) in [6.07, 6.45) is 7.35. The molecule has 4 rings (SSSR count). The van der Waals surface area contributed by atoms with Crippen LogP contribution in [0.25, 0.3) is 16.7 Å². The van der Waals surface area contributed by atoms with E-state index in [-0.39, 0.29) is 11.7 Å². The quantitative estimate of drug-likeness (QED) is 0.590. The predicted molar refractivity (Wildman–Crippen MR) is 101 cm³/mol. The van der Waals surface area contributed by atoms with Gasteiger partial charge >= 0.3 is 0 Å². The summed E-state index contributed by atoms with van der Waals surface area (Å²) < 4.78 is 0. The van der Waals surface area contributed by atoms with Gasteiger partial charge in [0.05, 0.1) is 0 Å². The van der Waals surface area contributed by atoms with E-state index in [1.165, 1.54) is 27.8 Å². The van der Waals surface area contributed by atoms with E-state index >= 15 is 0 Å². The molecule has 0 spiro atoms. The molecule has 2 aliphatic rings. The molecule has 1 atom stereocenters. The van der Waals surface area contributed by atoms with Crippen LogP contribution in [0, 0.1) is 5.92 Å². The molecule has 1 N–H and O–H groups in total. The average molecular weight is 310 g/mol. The van der Waals surface area contributed by atoms with Crippen LogP contribution in [0.5, 0.6) is 0 Å². The molecule has 116 valence electrons. The lowest BCUT2D eigenvalue weighted by Crippen LogP contribution is -2.10. The van der Waals surface area contributed by atoms with Crippen LogP contribution >= 0.6 is 0 Å². The monoisotopic (exact) mass is 310 g/mol. The summed E-state index contributed by atoms with van der Waals surface area (Å²) in [4.78, 5) is 0. The van der Waals surface area contributed by atoms with Gasteiger partial charge in [-0.2, -0.15) is 0 Å². The summed E-state index contributed by atoms with van der Waals surface area (Å²) in [7, 11) is 0. The van der Waals surface area contributed by atoms with Gasteiger partial charge in [0.1, 0.15) is 5.76 Å². The van der Waals surface area contributed by atoms with Crippen LogP contribution in [0.3, 0.4) is 0 Å². The van der Waals surface area contributed by atoms with E-state index in [2.05, 4.69) is 61.7 Å². The van der Waals surface area contributed by atoms with E-state index in [1.807, 2.05) is 12.2 Å². The predicted octanol–water partition coefficient (Wildman–Crippen LogP) is 5.84. The zero-order valence-electron chi connectivity index (χ0n) is 13.4. The second kappa shape index (κ2) is 5.54. The Labute approximate surface area is 142 Å². The normalized spacial score (nSPS) is 18.4. The lowest BCUT2D eigenvalue weighted by Gasteiger charge is -2.23. The second-order valence-corrected chi connectivity index (χ2v) is 6.01. The first-order valence-electron chi connectivity index (χ1n) is 8.05. The van der Waals surface area contributed by atoms with Crippen LogP contribution in [-0.4, -0.2) is 5.11 Å². The van der Waals surface area contributed by atoms with Crippen molar-refractivity contribution in [3.63, 3.8) is 0 Å². The Hall–Kier alpha value is -3.06. The van der Waals surface area contributed by atoms with Crippen molar-refractivity contribution in [2.45, 2.75) is 0 Å². The minimum Gasteiger partial charge on any atom is -0.508 e. The minimum absolute atomic E-state index is 0.0679. The molecule has 1 nitrogen and oxygen atoms in total. The summed E-state index contributed by atoms with van der Waals surface area (Å²) in [6.45, 7) is 7.85. The molecule has 0 saturated carbocycles. The highest BCUT2D eigenvalue weighted by Crippen LogP contribution is 2.48. The minimum atomic E-state index is -0.0679. The molecule has 1 heteroatoms. The molecule has 0 fully saturated rings. The van der Waals surface area contributed by atoms with E-state index in [1.54, 1.807) is 12.2 Å². The number of aliphatic hydroxyl groups excluding tert-OH is 1. The summed E-state index contributed by atoms with van der Waals surface area (Å²) in [6, 6.07) is 17.0.